The fourth-order valence-corrected chi connectivity index (χ4v) is 2.21. The zero-order valence-electron chi connectivity index (χ0n) is 17.1. The Morgan fingerprint density at radius 2 is 1.83 bits per heavy atom. The number of hydrogen-bond acceptors (Lipinski definition) is 5. The standard InChI is InChI=1S/C20H23F3N4O3/c1-12-7-14(8-15(26-12)27-18(29)19(2,3)4)17(28)25-10-13-5-6-16(24-9-13)30-11-20(21,22)23/h5-9H,10-11H2,1-4H3,(H,25,28)(H,26,27,29). The van der Waals surface area contributed by atoms with Gasteiger partial charge in [-0.3, -0.25) is 9.59 Å². The molecule has 0 saturated heterocycles. The first-order valence-electron chi connectivity index (χ1n) is 9.06. The second-order valence-corrected chi connectivity index (χ2v) is 7.68. The van der Waals surface area contributed by atoms with Gasteiger partial charge in [0.05, 0.1) is 0 Å². The molecule has 2 aromatic rings. The van der Waals surface area contributed by atoms with E-state index in [0.717, 1.165) is 0 Å². The van der Waals surface area contributed by atoms with Crippen LogP contribution in [0.25, 0.3) is 0 Å². The zero-order valence-corrected chi connectivity index (χ0v) is 17.1. The van der Waals surface area contributed by atoms with Gasteiger partial charge in [-0.1, -0.05) is 26.8 Å². The Balaban J connectivity index is 1.98. The lowest BCUT2D eigenvalue weighted by Gasteiger charge is -2.17. The van der Waals surface area contributed by atoms with Gasteiger partial charge in [-0.25, -0.2) is 9.97 Å². The molecule has 2 amide bonds. The van der Waals surface area contributed by atoms with Crippen LogP contribution in [0.15, 0.2) is 30.5 Å². The van der Waals surface area contributed by atoms with Crippen molar-refractivity contribution < 1.29 is 27.5 Å². The molecule has 0 atom stereocenters. The molecule has 2 heterocycles. The number of amides is 2. The van der Waals surface area contributed by atoms with Gasteiger partial charge in [-0.05, 0) is 24.6 Å². The van der Waals surface area contributed by atoms with Gasteiger partial charge >= 0.3 is 6.18 Å². The van der Waals surface area contributed by atoms with Crippen molar-refractivity contribution in [2.45, 2.75) is 40.4 Å². The molecule has 0 aliphatic carbocycles. The number of carbonyl (C=O) groups excluding carboxylic acids is 2. The summed E-state index contributed by atoms with van der Waals surface area (Å²) in [6.45, 7) is 5.67. The van der Waals surface area contributed by atoms with Crippen molar-refractivity contribution in [3.05, 3.63) is 47.3 Å². The SMILES string of the molecule is Cc1cc(C(=O)NCc2ccc(OCC(F)(F)F)nc2)cc(NC(=O)C(C)(C)C)n1. The smallest absolute Gasteiger partial charge is 0.422 e. The van der Waals surface area contributed by atoms with Crippen molar-refractivity contribution >= 4 is 17.6 Å². The lowest BCUT2D eigenvalue weighted by Crippen LogP contribution is -2.28. The number of alkyl halides is 3. The molecule has 0 fully saturated rings. The van der Waals surface area contributed by atoms with Crippen LogP contribution in [0.2, 0.25) is 0 Å². The third kappa shape index (κ3) is 7.34. The van der Waals surface area contributed by atoms with Crippen LogP contribution in [0.3, 0.4) is 0 Å². The van der Waals surface area contributed by atoms with E-state index in [-0.39, 0.29) is 24.1 Å². The Morgan fingerprint density at radius 1 is 1.13 bits per heavy atom. The monoisotopic (exact) mass is 424 g/mol. The lowest BCUT2D eigenvalue weighted by molar-refractivity contribution is -0.154. The maximum absolute atomic E-state index is 12.5. The van der Waals surface area contributed by atoms with E-state index >= 15 is 0 Å². The molecule has 7 nitrogen and oxygen atoms in total. The summed E-state index contributed by atoms with van der Waals surface area (Å²) in [5.74, 6) is -0.519. The molecular weight excluding hydrogens is 401 g/mol. The average Bonchev–Trinajstić information content (AvgIpc) is 2.63. The van der Waals surface area contributed by atoms with Crippen molar-refractivity contribution in [1.82, 2.24) is 15.3 Å². The normalized spacial score (nSPS) is 11.7. The maximum Gasteiger partial charge on any atom is 0.422 e. The van der Waals surface area contributed by atoms with Crippen LogP contribution in [0.5, 0.6) is 5.88 Å². The molecule has 0 spiro atoms. The Morgan fingerprint density at radius 3 is 2.40 bits per heavy atom. The minimum Gasteiger partial charge on any atom is -0.468 e. The molecule has 30 heavy (non-hydrogen) atoms. The van der Waals surface area contributed by atoms with Gasteiger partial charge in [0, 0.05) is 35.5 Å². The number of rotatable bonds is 6. The average molecular weight is 424 g/mol. The van der Waals surface area contributed by atoms with Gasteiger partial charge in [-0.2, -0.15) is 13.2 Å². The third-order valence-electron chi connectivity index (χ3n) is 3.77. The van der Waals surface area contributed by atoms with E-state index in [0.29, 0.717) is 16.8 Å². The summed E-state index contributed by atoms with van der Waals surface area (Å²) in [5.41, 5.74) is 0.829. The molecule has 2 aromatic heterocycles. The number of hydrogen-bond donors (Lipinski definition) is 2. The number of nitrogens with one attached hydrogen (secondary N) is 2. The summed E-state index contributed by atoms with van der Waals surface area (Å²) in [6.07, 6.45) is -3.12. The molecular formula is C20H23F3N4O3. The van der Waals surface area contributed by atoms with Crippen LogP contribution in [-0.2, 0) is 11.3 Å². The Hall–Kier alpha value is -3.17. The number of pyridine rings is 2. The molecule has 2 rings (SSSR count). The zero-order chi connectivity index (χ0) is 22.5. The number of carbonyl (C=O) groups is 2. The molecule has 0 bridgehead atoms. The minimum absolute atomic E-state index is 0.108. The highest BCUT2D eigenvalue weighted by molar-refractivity contribution is 5.97. The van der Waals surface area contributed by atoms with E-state index in [1.54, 1.807) is 33.8 Å². The second-order valence-electron chi connectivity index (χ2n) is 7.68. The Labute approximate surface area is 172 Å². The second kappa shape index (κ2) is 9.10. The predicted octanol–water partition coefficient (Wildman–Crippen LogP) is 3.64. The fourth-order valence-electron chi connectivity index (χ4n) is 2.21. The van der Waals surface area contributed by atoms with Crippen LogP contribution >= 0.6 is 0 Å². The Kier molecular flexibility index (Phi) is 7.01. The highest BCUT2D eigenvalue weighted by Gasteiger charge is 2.28. The number of nitrogens with zero attached hydrogens (tertiary/aromatic N) is 2. The van der Waals surface area contributed by atoms with E-state index < -0.39 is 24.1 Å². The first-order valence-corrected chi connectivity index (χ1v) is 9.06. The van der Waals surface area contributed by atoms with E-state index in [4.69, 9.17) is 0 Å². The largest absolute Gasteiger partial charge is 0.468 e. The van der Waals surface area contributed by atoms with Crippen LogP contribution < -0.4 is 15.4 Å². The van der Waals surface area contributed by atoms with Crippen molar-refractivity contribution in [2.75, 3.05) is 11.9 Å². The summed E-state index contributed by atoms with van der Waals surface area (Å²) in [6, 6.07) is 5.85. The topological polar surface area (TPSA) is 93.2 Å². The summed E-state index contributed by atoms with van der Waals surface area (Å²) < 4.78 is 41.0. The van der Waals surface area contributed by atoms with Gasteiger partial charge in [0.15, 0.2) is 6.61 Å². The summed E-state index contributed by atoms with van der Waals surface area (Å²) in [4.78, 5) is 32.6. The highest BCUT2D eigenvalue weighted by atomic mass is 19.4. The van der Waals surface area contributed by atoms with E-state index in [1.165, 1.54) is 24.4 Å². The number of aromatic nitrogens is 2. The molecule has 0 radical (unpaired) electrons. The highest BCUT2D eigenvalue weighted by Crippen LogP contribution is 2.18. The molecule has 0 aromatic carbocycles. The van der Waals surface area contributed by atoms with Gasteiger partial charge < -0.3 is 15.4 Å². The number of aryl methyl sites for hydroxylation is 1. The van der Waals surface area contributed by atoms with Crippen molar-refractivity contribution in [3.63, 3.8) is 0 Å². The van der Waals surface area contributed by atoms with Gasteiger partial charge in [0.2, 0.25) is 11.8 Å². The number of ether oxygens (including phenoxy) is 1. The van der Waals surface area contributed by atoms with Gasteiger partial charge in [0.1, 0.15) is 5.82 Å². The van der Waals surface area contributed by atoms with Crippen LogP contribution in [0, 0.1) is 12.3 Å². The number of halogens is 3. The van der Waals surface area contributed by atoms with Crippen molar-refractivity contribution in [3.8, 4) is 5.88 Å². The summed E-state index contributed by atoms with van der Waals surface area (Å²) >= 11 is 0. The minimum atomic E-state index is -4.44. The molecule has 0 unspecified atom stereocenters. The van der Waals surface area contributed by atoms with Gasteiger partial charge in [-0.15, -0.1) is 0 Å². The third-order valence-corrected chi connectivity index (χ3v) is 3.77. The number of anilines is 1. The summed E-state index contributed by atoms with van der Waals surface area (Å²) in [7, 11) is 0. The van der Waals surface area contributed by atoms with E-state index in [2.05, 4.69) is 25.3 Å². The van der Waals surface area contributed by atoms with Crippen LogP contribution in [0.4, 0.5) is 19.0 Å². The molecule has 162 valence electrons. The lowest BCUT2D eigenvalue weighted by atomic mass is 9.96. The summed E-state index contributed by atoms with van der Waals surface area (Å²) in [5, 5.41) is 5.38. The molecule has 0 saturated carbocycles. The van der Waals surface area contributed by atoms with Crippen LogP contribution in [0.1, 0.15) is 42.4 Å². The van der Waals surface area contributed by atoms with Gasteiger partial charge in [0.25, 0.3) is 5.91 Å². The molecule has 0 aliphatic heterocycles. The van der Waals surface area contributed by atoms with E-state index in [9.17, 15) is 22.8 Å². The Bertz CT molecular complexity index is 907. The molecule has 0 aliphatic rings. The maximum atomic E-state index is 12.5. The first-order chi connectivity index (χ1) is 13.8. The quantitative estimate of drug-likeness (QED) is 0.739. The van der Waals surface area contributed by atoms with Crippen molar-refractivity contribution in [1.29, 1.82) is 0 Å². The fraction of sp³-hybridized carbons (Fsp3) is 0.400. The predicted molar refractivity (Wildman–Crippen MR) is 104 cm³/mol. The molecule has 10 heteroatoms. The first kappa shape index (κ1) is 23.1. The molecule has 2 N–H and O–H groups in total. The van der Waals surface area contributed by atoms with Crippen LogP contribution in [-0.4, -0.2) is 34.6 Å². The van der Waals surface area contributed by atoms with E-state index in [1.807, 2.05) is 0 Å². The van der Waals surface area contributed by atoms with Crippen molar-refractivity contribution in [2.24, 2.45) is 5.41 Å².